The predicted molar refractivity (Wildman–Crippen MR) is 117 cm³/mol. The zero-order chi connectivity index (χ0) is 20.4. The van der Waals surface area contributed by atoms with Crippen LogP contribution in [-0.4, -0.2) is 40.0 Å². The average molecular weight is 446 g/mol. The van der Waals surface area contributed by atoms with Crippen molar-refractivity contribution in [2.24, 2.45) is 0 Å². The van der Waals surface area contributed by atoms with Gasteiger partial charge in [0, 0.05) is 33.5 Å². The first-order valence-corrected chi connectivity index (χ1v) is 10.9. The number of halogens is 1. The predicted octanol–water partition coefficient (Wildman–Crippen LogP) is 4.28. The molecule has 148 valence electrons. The molecular formula is C20H16ClN3O3S2. The maximum absolute atomic E-state index is 12.4. The molecule has 3 heterocycles. The van der Waals surface area contributed by atoms with E-state index in [0.29, 0.717) is 22.9 Å². The van der Waals surface area contributed by atoms with Crippen molar-refractivity contribution >= 4 is 68.7 Å². The number of carbonyl (C=O) groups is 3. The minimum atomic E-state index is -0.435. The van der Waals surface area contributed by atoms with Crippen LogP contribution in [0.25, 0.3) is 17.0 Å². The van der Waals surface area contributed by atoms with E-state index < -0.39 is 11.1 Å². The Morgan fingerprint density at radius 1 is 1.28 bits per heavy atom. The number of hydrogen-bond acceptors (Lipinski definition) is 5. The Morgan fingerprint density at radius 3 is 2.93 bits per heavy atom. The highest BCUT2D eigenvalue weighted by molar-refractivity contribution is 8.18. The van der Waals surface area contributed by atoms with Gasteiger partial charge in [-0.2, -0.15) is 0 Å². The number of H-pyrrole nitrogens is 1. The van der Waals surface area contributed by atoms with Gasteiger partial charge >= 0.3 is 0 Å². The summed E-state index contributed by atoms with van der Waals surface area (Å²) in [6, 6.07) is 9.34. The number of thioether (sulfide) groups is 1. The molecule has 0 unspecified atom stereocenters. The molecule has 1 saturated heterocycles. The third-order valence-electron chi connectivity index (χ3n) is 4.44. The van der Waals surface area contributed by atoms with E-state index in [-0.39, 0.29) is 12.5 Å². The lowest BCUT2D eigenvalue weighted by Crippen LogP contribution is -2.40. The van der Waals surface area contributed by atoms with Gasteiger partial charge in [-0.3, -0.25) is 19.3 Å². The molecule has 3 aromatic rings. The van der Waals surface area contributed by atoms with Gasteiger partial charge in [0.2, 0.25) is 5.91 Å². The molecule has 0 bridgehead atoms. The van der Waals surface area contributed by atoms with E-state index in [2.05, 4.69) is 10.3 Å². The molecule has 0 spiro atoms. The molecule has 3 amide bonds. The van der Waals surface area contributed by atoms with Crippen LogP contribution in [0.4, 0.5) is 4.79 Å². The molecular weight excluding hydrogens is 430 g/mol. The molecule has 1 aliphatic rings. The molecule has 4 rings (SSSR count). The Kier molecular flexibility index (Phi) is 5.75. The van der Waals surface area contributed by atoms with Crippen molar-refractivity contribution in [3.8, 4) is 0 Å². The van der Waals surface area contributed by atoms with Gasteiger partial charge in [-0.25, -0.2) is 0 Å². The summed E-state index contributed by atoms with van der Waals surface area (Å²) in [7, 11) is 0. The maximum atomic E-state index is 12.4. The van der Waals surface area contributed by atoms with Crippen molar-refractivity contribution in [3.63, 3.8) is 0 Å². The fraction of sp³-hybridized carbons (Fsp3) is 0.150. The van der Waals surface area contributed by atoms with Gasteiger partial charge in [-0.1, -0.05) is 17.7 Å². The molecule has 2 aromatic heterocycles. The standard InChI is InChI=1S/C20H16ClN3O3S2/c21-13-3-4-16-15(8-13)12(10-23-16)5-6-22-18(25)11-24-19(26)17(29-20(24)27)9-14-2-1-7-28-14/h1-4,7-10,23H,5-6,11H2,(H,22,25)/b17-9-. The number of rotatable bonds is 6. The number of fused-ring (bicyclic) bond motifs is 1. The topological polar surface area (TPSA) is 82.3 Å². The number of aromatic nitrogens is 1. The highest BCUT2D eigenvalue weighted by Gasteiger charge is 2.36. The maximum Gasteiger partial charge on any atom is 0.294 e. The average Bonchev–Trinajstić information content (AvgIpc) is 3.40. The summed E-state index contributed by atoms with van der Waals surface area (Å²) in [6.07, 6.45) is 4.17. The first kappa shape index (κ1) is 19.8. The Hall–Kier alpha value is -2.55. The Balaban J connectivity index is 1.33. The van der Waals surface area contributed by atoms with Crippen LogP contribution in [0.5, 0.6) is 0 Å². The molecule has 9 heteroatoms. The van der Waals surface area contributed by atoms with Crippen LogP contribution in [0.2, 0.25) is 5.02 Å². The molecule has 1 aromatic carbocycles. The van der Waals surface area contributed by atoms with E-state index in [1.165, 1.54) is 11.3 Å². The Labute approximate surface area is 179 Å². The third-order valence-corrected chi connectivity index (χ3v) is 6.40. The number of carbonyl (C=O) groups excluding carboxylic acids is 3. The Morgan fingerprint density at radius 2 is 2.14 bits per heavy atom. The van der Waals surface area contributed by atoms with Crippen LogP contribution in [0, 0.1) is 0 Å². The summed E-state index contributed by atoms with van der Waals surface area (Å²) >= 11 is 8.38. The summed E-state index contributed by atoms with van der Waals surface area (Å²) in [5.74, 6) is -0.808. The number of nitrogens with zero attached hydrogens (tertiary/aromatic N) is 1. The van der Waals surface area contributed by atoms with Gasteiger partial charge in [-0.15, -0.1) is 11.3 Å². The zero-order valence-electron chi connectivity index (χ0n) is 15.1. The van der Waals surface area contributed by atoms with E-state index in [1.807, 2.05) is 41.9 Å². The van der Waals surface area contributed by atoms with Gasteiger partial charge in [0.1, 0.15) is 6.54 Å². The summed E-state index contributed by atoms with van der Waals surface area (Å²) in [5, 5.41) is 5.89. The molecule has 0 saturated carbocycles. The summed E-state index contributed by atoms with van der Waals surface area (Å²) in [4.78, 5) is 42.2. The molecule has 0 radical (unpaired) electrons. The molecule has 0 aliphatic carbocycles. The molecule has 1 fully saturated rings. The van der Waals surface area contributed by atoms with Gasteiger partial charge in [-0.05, 0) is 59.5 Å². The molecule has 6 nitrogen and oxygen atoms in total. The van der Waals surface area contributed by atoms with Gasteiger partial charge in [0.25, 0.3) is 11.1 Å². The van der Waals surface area contributed by atoms with Crippen LogP contribution in [0.15, 0.2) is 46.8 Å². The van der Waals surface area contributed by atoms with Crippen LogP contribution in [0.1, 0.15) is 10.4 Å². The van der Waals surface area contributed by atoms with Crippen LogP contribution < -0.4 is 5.32 Å². The summed E-state index contributed by atoms with van der Waals surface area (Å²) in [5.41, 5.74) is 2.01. The molecule has 2 N–H and O–H groups in total. The van der Waals surface area contributed by atoms with E-state index in [4.69, 9.17) is 11.6 Å². The fourth-order valence-corrected chi connectivity index (χ4v) is 4.77. The van der Waals surface area contributed by atoms with Crippen molar-refractivity contribution in [1.29, 1.82) is 0 Å². The van der Waals surface area contributed by atoms with Crippen molar-refractivity contribution < 1.29 is 14.4 Å². The quantitative estimate of drug-likeness (QED) is 0.555. The SMILES string of the molecule is O=C(CN1C(=O)S/C(=C\c2cccs2)C1=O)NCCc1c[nH]c2ccc(Cl)cc12. The molecule has 0 atom stereocenters. The highest BCUT2D eigenvalue weighted by atomic mass is 35.5. The number of aromatic amines is 1. The van der Waals surface area contributed by atoms with Crippen LogP contribution in [-0.2, 0) is 16.0 Å². The van der Waals surface area contributed by atoms with Crippen molar-refractivity contribution in [2.45, 2.75) is 6.42 Å². The molecule has 1 aliphatic heterocycles. The van der Waals surface area contributed by atoms with Gasteiger partial charge in [0.15, 0.2) is 0 Å². The second kappa shape index (κ2) is 8.44. The largest absolute Gasteiger partial charge is 0.361 e. The summed E-state index contributed by atoms with van der Waals surface area (Å²) in [6.45, 7) is 0.103. The first-order chi connectivity index (χ1) is 14.0. The van der Waals surface area contributed by atoms with Crippen molar-refractivity contribution in [3.05, 3.63) is 62.3 Å². The second-order valence-corrected chi connectivity index (χ2v) is 8.80. The summed E-state index contributed by atoms with van der Waals surface area (Å²) < 4.78 is 0. The van der Waals surface area contributed by atoms with Crippen molar-refractivity contribution in [2.75, 3.05) is 13.1 Å². The van der Waals surface area contributed by atoms with E-state index in [1.54, 1.807) is 6.08 Å². The number of amides is 3. The lowest BCUT2D eigenvalue weighted by Gasteiger charge is -2.12. The van der Waals surface area contributed by atoms with Crippen molar-refractivity contribution in [1.82, 2.24) is 15.2 Å². The normalized spacial score (nSPS) is 15.6. The number of nitrogens with one attached hydrogen (secondary N) is 2. The lowest BCUT2D eigenvalue weighted by atomic mass is 10.1. The highest BCUT2D eigenvalue weighted by Crippen LogP contribution is 2.32. The number of benzene rings is 1. The monoisotopic (exact) mass is 445 g/mol. The van der Waals surface area contributed by atoms with Gasteiger partial charge < -0.3 is 10.3 Å². The third kappa shape index (κ3) is 4.39. The minimum absolute atomic E-state index is 0.286. The fourth-order valence-electron chi connectivity index (χ4n) is 3.03. The Bertz CT molecular complexity index is 1120. The van der Waals surface area contributed by atoms with E-state index in [0.717, 1.165) is 38.0 Å². The lowest BCUT2D eigenvalue weighted by molar-refractivity contribution is -0.129. The first-order valence-electron chi connectivity index (χ1n) is 8.82. The smallest absolute Gasteiger partial charge is 0.294 e. The molecule has 29 heavy (non-hydrogen) atoms. The number of imide groups is 1. The number of thiophene rings is 1. The zero-order valence-corrected chi connectivity index (χ0v) is 17.5. The van der Waals surface area contributed by atoms with Gasteiger partial charge in [0.05, 0.1) is 4.91 Å². The minimum Gasteiger partial charge on any atom is -0.361 e. The second-order valence-electron chi connectivity index (χ2n) is 6.39. The van der Waals surface area contributed by atoms with E-state index in [9.17, 15) is 14.4 Å². The van der Waals surface area contributed by atoms with Crippen LogP contribution >= 0.6 is 34.7 Å². The van der Waals surface area contributed by atoms with E-state index >= 15 is 0 Å². The number of hydrogen-bond donors (Lipinski definition) is 2. The van der Waals surface area contributed by atoms with Crippen LogP contribution in [0.3, 0.4) is 0 Å².